The molecular weight excluding hydrogens is 280 g/mol. The number of aryl methyl sites for hydroxylation is 1. The second kappa shape index (κ2) is 8.22. The number of ether oxygens (including phenoxy) is 1. The summed E-state index contributed by atoms with van der Waals surface area (Å²) in [7, 11) is 0. The van der Waals surface area contributed by atoms with Gasteiger partial charge in [-0.15, -0.1) is 0 Å². The molecule has 2 aromatic rings. The van der Waals surface area contributed by atoms with E-state index in [4.69, 9.17) is 9.84 Å². The molecule has 0 aliphatic carbocycles. The molecule has 2 N–H and O–H groups in total. The van der Waals surface area contributed by atoms with Crippen molar-refractivity contribution in [3.8, 4) is 17.0 Å². The summed E-state index contributed by atoms with van der Waals surface area (Å²) in [4.78, 5) is 10.7. The third-order valence-electron chi connectivity index (χ3n) is 3.49. The summed E-state index contributed by atoms with van der Waals surface area (Å²) in [5.74, 6) is 0.0504. The number of H-pyrrole nitrogens is 1. The lowest BCUT2D eigenvalue weighted by Gasteiger charge is -2.07. The van der Waals surface area contributed by atoms with Gasteiger partial charge < -0.3 is 9.84 Å². The lowest BCUT2D eigenvalue weighted by molar-refractivity contribution is -0.136. The van der Waals surface area contributed by atoms with Crippen LogP contribution in [-0.2, 0) is 11.2 Å². The van der Waals surface area contributed by atoms with E-state index >= 15 is 0 Å². The quantitative estimate of drug-likeness (QED) is 0.693. The van der Waals surface area contributed by atoms with Gasteiger partial charge in [0.05, 0.1) is 18.5 Å². The zero-order valence-corrected chi connectivity index (χ0v) is 12.8. The molecule has 0 spiro atoms. The number of aliphatic carboxylic acids is 1. The number of carbonyl (C=O) groups is 1. The molecule has 0 bridgehead atoms. The SMILES string of the molecule is CCCCCOc1ccc(-c2[nH]ncc2CCC(=O)O)cc1. The summed E-state index contributed by atoms with van der Waals surface area (Å²) in [6.45, 7) is 2.90. The topological polar surface area (TPSA) is 75.2 Å². The zero-order chi connectivity index (χ0) is 15.8. The molecule has 1 aromatic heterocycles. The van der Waals surface area contributed by atoms with Crippen molar-refractivity contribution in [2.45, 2.75) is 39.0 Å². The van der Waals surface area contributed by atoms with Crippen LogP contribution in [0.3, 0.4) is 0 Å². The number of carboxylic acids is 1. The molecule has 0 fully saturated rings. The summed E-state index contributed by atoms with van der Waals surface area (Å²) in [6, 6.07) is 7.80. The molecule has 0 unspecified atom stereocenters. The van der Waals surface area contributed by atoms with E-state index in [0.717, 1.165) is 35.6 Å². The van der Waals surface area contributed by atoms with Crippen LogP contribution in [-0.4, -0.2) is 27.9 Å². The molecule has 5 nitrogen and oxygen atoms in total. The molecule has 0 saturated carbocycles. The molecule has 22 heavy (non-hydrogen) atoms. The van der Waals surface area contributed by atoms with Crippen molar-refractivity contribution in [1.82, 2.24) is 10.2 Å². The van der Waals surface area contributed by atoms with Crippen LogP contribution < -0.4 is 4.74 Å². The number of nitrogens with one attached hydrogen (secondary N) is 1. The highest BCUT2D eigenvalue weighted by Crippen LogP contribution is 2.24. The van der Waals surface area contributed by atoms with Gasteiger partial charge in [-0.1, -0.05) is 19.8 Å². The Morgan fingerprint density at radius 3 is 2.73 bits per heavy atom. The van der Waals surface area contributed by atoms with E-state index in [-0.39, 0.29) is 6.42 Å². The monoisotopic (exact) mass is 302 g/mol. The van der Waals surface area contributed by atoms with Gasteiger partial charge in [-0.2, -0.15) is 5.10 Å². The maximum absolute atomic E-state index is 10.7. The fourth-order valence-electron chi connectivity index (χ4n) is 2.25. The van der Waals surface area contributed by atoms with E-state index in [1.54, 1.807) is 6.20 Å². The number of benzene rings is 1. The minimum atomic E-state index is -0.803. The maximum Gasteiger partial charge on any atom is 0.303 e. The van der Waals surface area contributed by atoms with Gasteiger partial charge in [0, 0.05) is 12.0 Å². The molecule has 2 rings (SSSR count). The Bertz CT molecular complexity index is 590. The first-order chi connectivity index (χ1) is 10.7. The van der Waals surface area contributed by atoms with Crippen LogP contribution in [0.1, 0.15) is 38.2 Å². The lowest BCUT2D eigenvalue weighted by atomic mass is 10.0. The van der Waals surface area contributed by atoms with Crippen molar-refractivity contribution in [3.05, 3.63) is 36.0 Å². The van der Waals surface area contributed by atoms with Crippen molar-refractivity contribution < 1.29 is 14.6 Å². The van der Waals surface area contributed by atoms with Gasteiger partial charge in [-0.25, -0.2) is 0 Å². The van der Waals surface area contributed by atoms with Crippen molar-refractivity contribution in [2.75, 3.05) is 6.61 Å². The van der Waals surface area contributed by atoms with Crippen molar-refractivity contribution >= 4 is 5.97 Å². The van der Waals surface area contributed by atoms with E-state index in [0.29, 0.717) is 6.42 Å². The molecule has 0 saturated heterocycles. The van der Waals surface area contributed by atoms with Gasteiger partial charge in [0.1, 0.15) is 5.75 Å². The average Bonchev–Trinajstić information content (AvgIpc) is 2.99. The highest BCUT2D eigenvalue weighted by Gasteiger charge is 2.09. The maximum atomic E-state index is 10.7. The highest BCUT2D eigenvalue weighted by atomic mass is 16.5. The smallest absolute Gasteiger partial charge is 0.303 e. The number of carboxylic acid groups (broad SMARTS) is 1. The van der Waals surface area contributed by atoms with E-state index in [2.05, 4.69) is 17.1 Å². The molecular formula is C17H22N2O3. The first kappa shape index (κ1) is 16.1. The third kappa shape index (κ3) is 4.62. The second-order valence-corrected chi connectivity index (χ2v) is 5.24. The van der Waals surface area contributed by atoms with Crippen LogP contribution in [0.15, 0.2) is 30.5 Å². The van der Waals surface area contributed by atoms with Gasteiger partial charge in [0.15, 0.2) is 0 Å². The fraction of sp³-hybridized carbons (Fsp3) is 0.412. The minimum absolute atomic E-state index is 0.102. The Hall–Kier alpha value is -2.30. The second-order valence-electron chi connectivity index (χ2n) is 5.24. The van der Waals surface area contributed by atoms with Gasteiger partial charge in [0.25, 0.3) is 0 Å². The summed E-state index contributed by atoms with van der Waals surface area (Å²) in [5, 5.41) is 15.7. The van der Waals surface area contributed by atoms with Gasteiger partial charge in [0.2, 0.25) is 0 Å². The van der Waals surface area contributed by atoms with E-state index in [9.17, 15) is 4.79 Å². The van der Waals surface area contributed by atoms with Crippen LogP contribution in [0.25, 0.3) is 11.3 Å². The number of unbranched alkanes of at least 4 members (excludes halogenated alkanes) is 2. The van der Waals surface area contributed by atoms with Gasteiger partial charge >= 0.3 is 5.97 Å². The number of aromatic amines is 1. The number of hydrogen-bond donors (Lipinski definition) is 2. The highest BCUT2D eigenvalue weighted by molar-refractivity contribution is 5.69. The summed E-state index contributed by atoms with van der Waals surface area (Å²) >= 11 is 0. The molecule has 1 heterocycles. The van der Waals surface area contributed by atoms with Crippen LogP contribution in [0.4, 0.5) is 0 Å². The predicted octanol–water partition coefficient (Wildman–Crippen LogP) is 3.66. The molecule has 5 heteroatoms. The van der Waals surface area contributed by atoms with E-state index in [1.807, 2.05) is 24.3 Å². The third-order valence-corrected chi connectivity index (χ3v) is 3.49. The van der Waals surface area contributed by atoms with Crippen LogP contribution in [0.2, 0.25) is 0 Å². The normalized spacial score (nSPS) is 10.6. The van der Waals surface area contributed by atoms with Crippen molar-refractivity contribution in [3.63, 3.8) is 0 Å². The fourth-order valence-corrected chi connectivity index (χ4v) is 2.25. The van der Waals surface area contributed by atoms with Gasteiger partial charge in [-0.3, -0.25) is 9.89 Å². The molecule has 0 radical (unpaired) electrons. The summed E-state index contributed by atoms with van der Waals surface area (Å²) < 4.78 is 5.69. The first-order valence-corrected chi connectivity index (χ1v) is 7.68. The molecule has 118 valence electrons. The van der Waals surface area contributed by atoms with Crippen LogP contribution in [0, 0.1) is 0 Å². The Balaban J connectivity index is 1.98. The first-order valence-electron chi connectivity index (χ1n) is 7.68. The Morgan fingerprint density at radius 2 is 2.05 bits per heavy atom. The summed E-state index contributed by atoms with van der Waals surface area (Å²) in [6.07, 6.45) is 5.69. The molecule has 0 atom stereocenters. The number of hydrogen-bond acceptors (Lipinski definition) is 3. The Kier molecular flexibility index (Phi) is 6.01. The van der Waals surface area contributed by atoms with Crippen molar-refractivity contribution in [1.29, 1.82) is 0 Å². The average molecular weight is 302 g/mol. The lowest BCUT2D eigenvalue weighted by Crippen LogP contribution is -1.98. The number of rotatable bonds is 9. The summed E-state index contributed by atoms with van der Waals surface area (Å²) in [5.41, 5.74) is 2.77. The minimum Gasteiger partial charge on any atom is -0.494 e. The Morgan fingerprint density at radius 1 is 1.27 bits per heavy atom. The molecule has 0 aliphatic heterocycles. The van der Waals surface area contributed by atoms with Gasteiger partial charge in [-0.05, 0) is 42.7 Å². The zero-order valence-electron chi connectivity index (χ0n) is 12.8. The van der Waals surface area contributed by atoms with Crippen LogP contribution in [0.5, 0.6) is 5.75 Å². The Labute approximate surface area is 130 Å². The molecule has 0 aliphatic rings. The number of aromatic nitrogens is 2. The molecule has 1 aromatic carbocycles. The largest absolute Gasteiger partial charge is 0.494 e. The molecule has 0 amide bonds. The standard InChI is InChI=1S/C17H22N2O3/c1-2-3-4-11-22-15-8-5-13(6-9-15)17-14(12-18-19-17)7-10-16(20)21/h5-6,8-9,12H,2-4,7,10-11H2,1H3,(H,18,19)(H,20,21). The van der Waals surface area contributed by atoms with Crippen LogP contribution >= 0.6 is 0 Å². The van der Waals surface area contributed by atoms with Crippen molar-refractivity contribution in [2.24, 2.45) is 0 Å². The van der Waals surface area contributed by atoms with E-state index in [1.165, 1.54) is 12.8 Å². The number of nitrogens with zero attached hydrogens (tertiary/aromatic N) is 1. The van der Waals surface area contributed by atoms with E-state index < -0.39 is 5.97 Å². The predicted molar refractivity (Wildman–Crippen MR) is 85.0 cm³/mol.